The van der Waals surface area contributed by atoms with Crippen molar-refractivity contribution in [3.63, 3.8) is 0 Å². The van der Waals surface area contributed by atoms with E-state index in [2.05, 4.69) is 5.32 Å². The number of carbonyl (C=O) groups is 1. The van der Waals surface area contributed by atoms with Crippen LogP contribution in [0.4, 0.5) is 0 Å². The van der Waals surface area contributed by atoms with Crippen LogP contribution in [0.5, 0.6) is 0 Å². The van der Waals surface area contributed by atoms with Gasteiger partial charge < -0.3 is 15.8 Å². The standard InChI is InChI=1S/C14H26N2O2/c15-10-14(6-2-1-3-7-14)11-16-13(17)9-12-5-4-8-18-12/h12H,1-11,15H2,(H,16,17). The molecule has 1 aliphatic heterocycles. The zero-order valence-corrected chi connectivity index (χ0v) is 11.2. The van der Waals surface area contributed by atoms with Crippen molar-refractivity contribution in [2.75, 3.05) is 19.7 Å². The van der Waals surface area contributed by atoms with Crippen LogP contribution in [-0.2, 0) is 9.53 Å². The van der Waals surface area contributed by atoms with Gasteiger partial charge in [0.2, 0.25) is 5.91 Å². The average molecular weight is 254 g/mol. The molecule has 1 saturated heterocycles. The maximum atomic E-state index is 11.9. The maximum Gasteiger partial charge on any atom is 0.222 e. The molecule has 0 aromatic carbocycles. The Morgan fingerprint density at radius 2 is 2.06 bits per heavy atom. The Labute approximate surface area is 110 Å². The maximum absolute atomic E-state index is 11.9. The number of nitrogens with one attached hydrogen (secondary N) is 1. The zero-order chi connectivity index (χ0) is 12.8. The highest BCUT2D eigenvalue weighted by atomic mass is 16.5. The highest BCUT2D eigenvalue weighted by molar-refractivity contribution is 5.76. The Balaban J connectivity index is 1.73. The van der Waals surface area contributed by atoms with Crippen LogP contribution in [0.15, 0.2) is 0 Å². The molecule has 1 saturated carbocycles. The SMILES string of the molecule is NCC1(CNC(=O)CC2CCCO2)CCCCC1. The molecule has 0 bridgehead atoms. The molecule has 2 fully saturated rings. The summed E-state index contributed by atoms with van der Waals surface area (Å²) in [6.45, 7) is 2.24. The lowest BCUT2D eigenvalue weighted by atomic mass is 9.74. The molecule has 1 aliphatic carbocycles. The summed E-state index contributed by atoms with van der Waals surface area (Å²) in [5.74, 6) is 0.125. The first-order valence-electron chi connectivity index (χ1n) is 7.32. The van der Waals surface area contributed by atoms with Crippen LogP contribution in [-0.4, -0.2) is 31.7 Å². The largest absolute Gasteiger partial charge is 0.378 e. The molecular weight excluding hydrogens is 228 g/mol. The van der Waals surface area contributed by atoms with E-state index in [9.17, 15) is 4.79 Å². The summed E-state index contributed by atoms with van der Waals surface area (Å²) in [4.78, 5) is 11.9. The third-order valence-electron chi connectivity index (χ3n) is 4.44. The predicted octanol–water partition coefficient (Wildman–Crippen LogP) is 1.58. The van der Waals surface area contributed by atoms with E-state index in [1.165, 1.54) is 19.3 Å². The molecule has 2 rings (SSSR count). The fraction of sp³-hybridized carbons (Fsp3) is 0.929. The highest BCUT2D eigenvalue weighted by Crippen LogP contribution is 2.34. The third kappa shape index (κ3) is 3.69. The van der Waals surface area contributed by atoms with Gasteiger partial charge in [-0.05, 0) is 37.6 Å². The van der Waals surface area contributed by atoms with E-state index in [0.29, 0.717) is 13.0 Å². The van der Waals surface area contributed by atoms with Gasteiger partial charge in [-0.25, -0.2) is 0 Å². The average Bonchev–Trinajstić information content (AvgIpc) is 2.90. The minimum Gasteiger partial charge on any atom is -0.378 e. The van der Waals surface area contributed by atoms with E-state index < -0.39 is 0 Å². The van der Waals surface area contributed by atoms with E-state index in [4.69, 9.17) is 10.5 Å². The molecule has 0 aromatic rings. The van der Waals surface area contributed by atoms with Gasteiger partial charge in [0, 0.05) is 13.2 Å². The van der Waals surface area contributed by atoms with E-state index in [0.717, 1.165) is 38.8 Å². The Kier molecular flexibility index (Phi) is 5.01. The van der Waals surface area contributed by atoms with E-state index in [1.54, 1.807) is 0 Å². The second-order valence-electron chi connectivity index (χ2n) is 5.88. The summed E-state index contributed by atoms with van der Waals surface area (Å²) in [6.07, 6.45) is 8.89. The van der Waals surface area contributed by atoms with Gasteiger partial charge >= 0.3 is 0 Å². The van der Waals surface area contributed by atoms with Crippen molar-refractivity contribution >= 4 is 5.91 Å². The number of amides is 1. The first-order chi connectivity index (χ1) is 8.74. The van der Waals surface area contributed by atoms with Gasteiger partial charge in [0.25, 0.3) is 0 Å². The predicted molar refractivity (Wildman–Crippen MR) is 71.2 cm³/mol. The molecule has 0 radical (unpaired) electrons. The van der Waals surface area contributed by atoms with Gasteiger partial charge in [-0.1, -0.05) is 19.3 Å². The number of hydrogen-bond donors (Lipinski definition) is 2. The second kappa shape index (κ2) is 6.53. The summed E-state index contributed by atoms with van der Waals surface area (Å²) in [6, 6.07) is 0. The number of ether oxygens (including phenoxy) is 1. The zero-order valence-electron chi connectivity index (χ0n) is 11.2. The van der Waals surface area contributed by atoms with Gasteiger partial charge in [-0.2, -0.15) is 0 Å². The summed E-state index contributed by atoms with van der Waals surface area (Å²) in [5, 5.41) is 3.07. The van der Waals surface area contributed by atoms with Crippen molar-refractivity contribution in [2.24, 2.45) is 11.1 Å². The van der Waals surface area contributed by atoms with Gasteiger partial charge in [-0.15, -0.1) is 0 Å². The fourth-order valence-corrected chi connectivity index (χ4v) is 3.13. The molecule has 4 nitrogen and oxygen atoms in total. The van der Waals surface area contributed by atoms with Gasteiger partial charge in [0.05, 0.1) is 12.5 Å². The molecular formula is C14H26N2O2. The van der Waals surface area contributed by atoms with Crippen LogP contribution in [0.1, 0.15) is 51.4 Å². The molecule has 0 aromatic heterocycles. The lowest BCUT2D eigenvalue weighted by Crippen LogP contribution is -2.44. The second-order valence-corrected chi connectivity index (χ2v) is 5.88. The Morgan fingerprint density at radius 3 is 2.67 bits per heavy atom. The normalized spacial score (nSPS) is 27.1. The highest BCUT2D eigenvalue weighted by Gasteiger charge is 2.31. The smallest absolute Gasteiger partial charge is 0.222 e. The third-order valence-corrected chi connectivity index (χ3v) is 4.44. The molecule has 2 aliphatic rings. The lowest BCUT2D eigenvalue weighted by molar-refractivity contribution is -0.123. The van der Waals surface area contributed by atoms with Gasteiger partial charge in [0.1, 0.15) is 0 Å². The Bertz CT molecular complexity index is 269. The number of hydrogen-bond acceptors (Lipinski definition) is 3. The Morgan fingerprint density at radius 1 is 1.28 bits per heavy atom. The molecule has 4 heteroatoms. The number of nitrogens with two attached hydrogens (primary N) is 1. The summed E-state index contributed by atoms with van der Waals surface area (Å²) < 4.78 is 5.48. The van der Waals surface area contributed by atoms with Crippen LogP contribution >= 0.6 is 0 Å². The summed E-state index contributed by atoms with van der Waals surface area (Å²) in [7, 11) is 0. The van der Waals surface area contributed by atoms with Crippen molar-refractivity contribution < 1.29 is 9.53 Å². The van der Waals surface area contributed by atoms with Crippen LogP contribution in [0.2, 0.25) is 0 Å². The molecule has 1 atom stereocenters. The number of carbonyl (C=O) groups excluding carboxylic acids is 1. The van der Waals surface area contributed by atoms with Crippen molar-refractivity contribution in [3.05, 3.63) is 0 Å². The van der Waals surface area contributed by atoms with E-state index in [-0.39, 0.29) is 17.4 Å². The topological polar surface area (TPSA) is 64.3 Å². The van der Waals surface area contributed by atoms with Crippen LogP contribution in [0.25, 0.3) is 0 Å². The summed E-state index contributed by atoms with van der Waals surface area (Å²) >= 11 is 0. The van der Waals surface area contributed by atoms with Crippen molar-refractivity contribution in [2.45, 2.75) is 57.5 Å². The lowest BCUT2D eigenvalue weighted by Gasteiger charge is -2.36. The van der Waals surface area contributed by atoms with Crippen molar-refractivity contribution in [1.82, 2.24) is 5.32 Å². The molecule has 1 unspecified atom stereocenters. The van der Waals surface area contributed by atoms with Gasteiger partial charge in [-0.3, -0.25) is 4.79 Å². The molecule has 18 heavy (non-hydrogen) atoms. The molecule has 1 amide bonds. The van der Waals surface area contributed by atoms with Crippen LogP contribution in [0.3, 0.4) is 0 Å². The van der Waals surface area contributed by atoms with E-state index in [1.807, 2.05) is 0 Å². The Hall–Kier alpha value is -0.610. The van der Waals surface area contributed by atoms with Crippen LogP contribution in [0, 0.1) is 5.41 Å². The summed E-state index contributed by atoms with van der Waals surface area (Å²) in [5.41, 5.74) is 6.07. The fourth-order valence-electron chi connectivity index (χ4n) is 3.13. The number of rotatable bonds is 5. The molecule has 0 spiro atoms. The van der Waals surface area contributed by atoms with Crippen LogP contribution < -0.4 is 11.1 Å². The van der Waals surface area contributed by atoms with Gasteiger partial charge in [0.15, 0.2) is 0 Å². The van der Waals surface area contributed by atoms with E-state index >= 15 is 0 Å². The first kappa shape index (κ1) is 13.8. The molecule has 1 heterocycles. The van der Waals surface area contributed by atoms with Crippen molar-refractivity contribution in [3.8, 4) is 0 Å². The monoisotopic (exact) mass is 254 g/mol. The molecule has 104 valence electrons. The quantitative estimate of drug-likeness (QED) is 0.783. The first-order valence-corrected chi connectivity index (χ1v) is 7.32. The van der Waals surface area contributed by atoms with Crippen molar-refractivity contribution in [1.29, 1.82) is 0 Å². The minimum atomic E-state index is 0.125. The molecule has 3 N–H and O–H groups in total. The minimum absolute atomic E-state index is 0.125.